The molecule has 0 bridgehead atoms. The van der Waals surface area contributed by atoms with Crippen molar-refractivity contribution >= 4 is 11.7 Å². The molecule has 1 rings (SSSR count). The maximum atomic E-state index is 12.0. The van der Waals surface area contributed by atoms with E-state index in [2.05, 4.69) is 4.99 Å². The van der Waals surface area contributed by atoms with Gasteiger partial charge in [-0.25, -0.2) is 4.79 Å². The minimum absolute atomic E-state index is 0.0383. The second-order valence-electron chi connectivity index (χ2n) is 5.52. The Morgan fingerprint density at radius 2 is 1.84 bits per heavy atom. The molecule has 104 valence electrons. The highest BCUT2D eigenvalue weighted by Gasteiger charge is 2.20. The van der Waals surface area contributed by atoms with Crippen molar-refractivity contribution in [3.63, 3.8) is 0 Å². The maximum Gasteiger partial charge on any atom is 0.352 e. The van der Waals surface area contributed by atoms with Crippen LogP contribution in [0, 0.1) is 0 Å². The summed E-state index contributed by atoms with van der Waals surface area (Å²) in [5.41, 5.74) is 1.10. The second kappa shape index (κ2) is 6.50. The molecule has 0 amide bonds. The van der Waals surface area contributed by atoms with Gasteiger partial charge in [-0.15, -0.1) is 0 Å². The molecule has 0 spiro atoms. The van der Waals surface area contributed by atoms with Crippen LogP contribution in [0.25, 0.3) is 0 Å². The largest absolute Gasteiger partial charge is 0.455 e. The van der Waals surface area contributed by atoms with E-state index in [0.29, 0.717) is 12.1 Å². The fraction of sp³-hybridized carbons (Fsp3) is 0.500. The van der Waals surface area contributed by atoms with E-state index in [4.69, 9.17) is 4.74 Å². The molecule has 0 aliphatic rings. The number of benzene rings is 1. The Morgan fingerprint density at radius 3 is 2.32 bits per heavy atom. The van der Waals surface area contributed by atoms with E-state index in [0.717, 1.165) is 5.56 Å². The zero-order valence-corrected chi connectivity index (χ0v) is 12.4. The van der Waals surface area contributed by atoms with Gasteiger partial charge in [-0.05, 0) is 39.7 Å². The summed E-state index contributed by atoms with van der Waals surface area (Å²) < 4.78 is 5.36. The number of aliphatic imine (C=N–C) groups is 1. The van der Waals surface area contributed by atoms with Crippen LogP contribution < -0.4 is 0 Å². The molecule has 0 aliphatic heterocycles. The van der Waals surface area contributed by atoms with Crippen LogP contribution in [-0.4, -0.2) is 17.3 Å². The molecule has 0 aromatic heterocycles. The van der Waals surface area contributed by atoms with E-state index < -0.39 is 5.60 Å². The molecular weight excluding hydrogens is 238 g/mol. The first-order valence-corrected chi connectivity index (χ1v) is 6.68. The van der Waals surface area contributed by atoms with Gasteiger partial charge in [0, 0.05) is 0 Å². The van der Waals surface area contributed by atoms with Crippen molar-refractivity contribution in [2.75, 3.05) is 0 Å². The summed E-state index contributed by atoms with van der Waals surface area (Å²) in [7, 11) is 0. The third-order valence-corrected chi connectivity index (χ3v) is 2.60. The van der Waals surface area contributed by atoms with Crippen LogP contribution in [0.15, 0.2) is 35.3 Å². The highest BCUT2D eigenvalue weighted by atomic mass is 16.6. The summed E-state index contributed by atoms with van der Waals surface area (Å²) in [5.74, 6) is -0.321. The van der Waals surface area contributed by atoms with E-state index in [-0.39, 0.29) is 12.0 Å². The number of esters is 1. The molecule has 1 aromatic carbocycles. The van der Waals surface area contributed by atoms with E-state index in [1.54, 1.807) is 0 Å². The Kier molecular flexibility index (Phi) is 5.28. The Bertz CT molecular complexity index is 444. The minimum atomic E-state index is -0.483. The third kappa shape index (κ3) is 5.25. The van der Waals surface area contributed by atoms with E-state index >= 15 is 0 Å². The van der Waals surface area contributed by atoms with Gasteiger partial charge in [0.25, 0.3) is 0 Å². The molecule has 0 radical (unpaired) electrons. The van der Waals surface area contributed by atoms with Crippen molar-refractivity contribution in [1.29, 1.82) is 0 Å². The first-order valence-electron chi connectivity index (χ1n) is 6.68. The first kappa shape index (κ1) is 15.4. The SMILES string of the molecule is CCC(=N[C@@H](C)c1ccccc1)C(=O)OC(C)(C)C. The first-order chi connectivity index (χ1) is 8.83. The monoisotopic (exact) mass is 261 g/mol. The van der Waals surface area contributed by atoms with Crippen molar-refractivity contribution in [3.05, 3.63) is 35.9 Å². The van der Waals surface area contributed by atoms with Gasteiger partial charge >= 0.3 is 5.97 Å². The van der Waals surface area contributed by atoms with Gasteiger partial charge in [0.2, 0.25) is 0 Å². The highest BCUT2D eigenvalue weighted by molar-refractivity contribution is 6.36. The molecule has 3 heteroatoms. The summed E-state index contributed by atoms with van der Waals surface area (Å²) in [5, 5.41) is 0. The quantitative estimate of drug-likeness (QED) is 0.608. The number of nitrogens with zero attached hydrogens (tertiary/aromatic N) is 1. The van der Waals surface area contributed by atoms with Gasteiger partial charge in [0.15, 0.2) is 0 Å². The summed E-state index contributed by atoms with van der Waals surface area (Å²) in [6.07, 6.45) is 0.575. The lowest BCUT2D eigenvalue weighted by Gasteiger charge is -2.20. The standard InChI is InChI=1S/C16H23NO2/c1-6-14(15(18)19-16(3,4)5)17-12(2)13-10-8-7-9-11-13/h7-12H,6H2,1-5H3/t12-/m0/s1. The van der Waals surface area contributed by atoms with Crippen LogP contribution in [-0.2, 0) is 9.53 Å². The molecular formula is C16H23NO2. The van der Waals surface area contributed by atoms with Gasteiger partial charge in [-0.1, -0.05) is 37.3 Å². The Hall–Kier alpha value is -1.64. The predicted molar refractivity (Wildman–Crippen MR) is 78.4 cm³/mol. The van der Waals surface area contributed by atoms with Crippen molar-refractivity contribution in [3.8, 4) is 0 Å². The van der Waals surface area contributed by atoms with E-state index in [9.17, 15) is 4.79 Å². The molecule has 3 nitrogen and oxygen atoms in total. The van der Waals surface area contributed by atoms with Crippen LogP contribution in [0.1, 0.15) is 52.6 Å². The van der Waals surface area contributed by atoms with Crippen molar-refractivity contribution in [1.82, 2.24) is 0 Å². The van der Waals surface area contributed by atoms with Crippen LogP contribution in [0.4, 0.5) is 0 Å². The Morgan fingerprint density at radius 1 is 1.26 bits per heavy atom. The predicted octanol–water partition coefficient (Wildman–Crippen LogP) is 3.94. The smallest absolute Gasteiger partial charge is 0.352 e. The number of carbonyl (C=O) groups is 1. The maximum absolute atomic E-state index is 12.0. The summed E-state index contributed by atoms with van der Waals surface area (Å²) in [4.78, 5) is 16.5. The average molecular weight is 261 g/mol. The molecule has 1 aromatic rings. The van der Waals surface area contributed by atoms with Gasteiger partial charge in [-0.2, -0.15) is 0 Å². The fourth-order valence-electron chi connectivity index (χ4n) is 1.67. The minimum Gasteiger partial charge on any atom is -0.455 e. The number of ether oxygens (including phenoxy) is 1. The van der Waals surface area contributed by atoms with Crippen molar-refractivity contribution in [2.24, 2.45) is 4.99 Å². The molecule has 0 saturated heterocycles. The zero-order valence-electron chi connectivity index (χ0n) is 12.4. The van der Waals surface area contributed by atoms with Crippen molar-refractivity contribution in [2.45, 2.75) is 52.7 Å². The molecule has 19 heavy (non-hydrogen) atoms. The molecule has 0 fully saturated rings. The van der Waals surface area contributed by atoms with E-state index in [1.807, 2.05) is 65.0 Å². The van der Waals surface area contributed by atoms with Crippen LogP contribution in [0.5, 0.6) is 0 Å². The van der Waals surface area contributed by atoms with Crippen molar-refractivity contribution < 1.29 is 9.53 Å². The molecule has 1 atom stereocenters. The van der Waals surface area contributed by atoms with Gasteiger partial charge in [0.05, 0.1) is 6.04 Å². The van der Waals surface area contributed by atoms with Gasteiger partial charge in [0.1, 0.15) is 11.3 Å². The van der Waals surface area contributed by atoms with E-state index in [1.165, 1.54) is 0 Å². The topological polar surface area (TPSA) is 38.7 Å². The van der Waals surface area contributed by atoms with Crippen LogP contribution in [0.3, 0.4) is 0 Å². The molecule has 0 aliphatic carbocycles. The van der Waals surface area contributed by atoms with Crippen LogP contribution >= 0.6 is 0 Å². The number of rotatable bonds is 4. The summed E-state index contributed by atoms with van der Waals surface area (Å²) >= 11 is 0. The highest BCUT2D eigenvalue weighted by Crippen LogP contribution is 2.17. The lowest BCUT2D eigenvalue weighted by atomic mass is 10.1. The number of hydrogen-bond acceptors (Lipinski definition) is 3. The molecule has 0 unspecified atom stereocenters. The second-order valence-corrected chi connectivity index (χ2v) is 5.52. The Balaban J connectivity index is 2.85. The Labute approximate surface area is 115 Å². The molecule has 0 heterocycles. The fourth-order valence-corrected chi connectivity index (χ4v) is 1.67. The molecule has 0 saturated carbocycles. The lowest BCUT2D eigenvalue weighted by molar-refractivity contribution is -0.146. The molecule has 0 N–H and O–H groups in total. The van der Waals surface area contributed by atoms with Gasteiger partial charge < -0.3 is 4.74 Å². The summed E-state index contributed by atoms with van der Waals surface area (Å²) in [6, 6.07) is 9.89. The number of hydrogen-bond donors (Lipinski definition) is 0. The van der Waals surface area contributed by atoms with Gasteiger partial charge in [-0.3, -0.25) is 4.99 Å². The third-order valence-electron chi connectivity index (χ3n) is 2.60. The normalized spacial score (nSPS) is 14.1. The van der Waals surface area contributed by atoms with Crippen LogP contribution in [0.2, 0.25) is 0 Å². The average Bonchev–Trinajstić information content (AvgIpc) is 2.34. The lowest BCUT2D eigenvalue weighted by Crippen LogP contribution is -2.29. The summed E-state index contributed by atoms with van der Waals surface area (Å²) in [6.45, 7) is 9.48. The zero-order chi connectivity index (χ0) is 14.5. The number of carbonyl (C=O) groups excluding carboxylic acids is 1.